The lowest BCUT2D eigenvalue weighted by atomic mass is 9.75. The number of carbonyl (C=O) groups excluding carboxylic acids is 3. The lowest BCUT2D eigenvalue weighted by Crippen LogP contribution is -2.37. The first-order valence-electron chi connectivity index (χ1n) is 13.2. The lowest BCUT2D eigenvalue weighted by molar-refractivity contribution is -0.162. The monoisotopic (exact) mass is 494 g/mol. The van der Waals surface area contributed by atoms with E-state index in [0.29, 0.717) is 31.3 Å². The minimum Gasteiger partial charge on any atom is -0.508 e. The number of rotatable bonds is 2. The first-order valence-corrected chi connectivity index (χ1v) is 13.2. The number of hydrogen-bond donors (Lipinski definition) is 1. The average molecular weight is 495 g/mol. The zero-order valence-electron chi connectivity index (χ0n) is 22.0. The quantitative estimate of drug-likeness (QED) is 0.528. The molecule has 2 aliphatic carbocycles. The molecule has 1 fully saturated rings. The summed E-state index contributed by atoms with van der Waals surface area (Å²) in [7, 11) is 0. The Labute approximate surface area is 213 Å². The van der Waals surface area contributed by atoms with Gasteiger partial charge >= 0.3 is 11.9 Å². The fraction of sp³-hybridized carbons (Fsp3) is 0.567. The Bertz CT molecular complexity index is 1090. The Kier molecular flexibility index (Phi) is 7.44. The molecule has 1 N–H and O–H groups in total. The predicted molar refractivity (Wildman–Crippen MR) is 137 cm³/mol. The molecule has 0 bridgehead atoms. The van der Waals surface area contributed by atoms with Gasteiger partial charge in [-0.2, -0.15) is 0 Å². The number of esters is 2. The van der Waals surface area contributed by atoms with E-state index in [4.69, 9.17) is 9.47 Å². The highest BCUT2D eigenvalue weighted by molar-refractivity contribution is 5.99. The SMILES string of the molecule is CC[C@H]1CCC[C@@H](OC(=O)C(C)(C)C)[C@@H](C)C(=O)C2=C[C@H]3c4ccc(O)cc4C=C[C@H]3[C@@H]2CC(=O)O1. The molecule has 0 unspecified atom stereocenters. The number of Topliss-reactive ketones (excluding diaryl/α,β-unsaturated/α-hetero) is 1. The summed E-state index contributed by atoms with van der Waals surface area (Å²) in [4.78, 5) is 39.7. The second-order valence-electron chi connectivity index (χ2n) is 11.5. The van der Waals surface area contributed by atoms with Gasteiger partial charge in [-0.1, -0.05) is 38.1 Å². The van der Waals surface area contributed by atoms with Crippen LogP contribution in [0.3, 0.4) is 0 Å². The molecule has 1 saturated heterocycles. The Morgan fingerprint density at radius 2 is 1.94 bits per heavy atom. The summed E-state index contributed by atoms with van der Waals surface area (Å²) < 4.78 is 11.8. The maximum absolute atomic E-state index is 13.9. The standard InChI is InChI=1S/C30H38O6/c1-6-20-8-7-9-26(36-29(34)30(3,4)5)17(2)28(33)25-15-23-21-13-11-19(31)14-18(21)10-12-22(23)24(25)16-27(32)35-20/h10-15,17,20,22-24,26,31H,6-9,16H2,1-5H3/t17-,20+,22-,23+,24+,26-/m1/s1. The summed E-state index contributed by atoms with van der Waals surface area (Å²) in [5.41, 5.74) is 1.89. The van der Waals surface area contributed by atoms with Crippen LogP contribution in [0.25, 0.3) is 6.08 Å². The Morgan fingerprint density at radius 1 is 1.19 bits per heavy atom. The van der Waals surface area contributed by atoms with Crippen LogP contribution in [0.2, 0.25) is 0 Å². The molecule has 0 aromatic heterocycles. The van der Waals surface area contributed by atoms with Gasteiger partial charge in [0, 0.05) is 11.8 Å². The number of phenols is 1. The fourth-order valence-electron chi connectivity index (χ4n) is 5.64. The third kappa shape index (κ3) is 5.28. The van der Waals surface area contributed by atoms with Crippen molar-refractivity contribution in [3.05, 3.63) is 47.1 Å². The molecule has 4 rings (SSSR count). The number of hydrogen-bond acceptors (Lipinski definition) is 6. The topological polar surface area (TPSA) is 89.9 Å². The van der Waals surface area contributed by atoms with E-state index in [1.54, 1.807) is 12.1 Å². The minimum absolute atomic E-state index is 0.0562. The van der Waals surface area contributed by atoms with E-state index in [2.05, 4.69) is 0 Å². The molecule has 6 atom stereocenters. The van der Waals surface area contributed by atoms with Crippen molar-refractivity contribution < 1.29 is 29.0 Å². The fourth-order valence-corrected chi connectivity index (χ4v) is 5.64. The number of cyclic esters (lactones) is 1. The molecule has 3 aliphatic rings. The normalized spacial score (nSPS) is 30.6. The van der Waals surface area contributed by atoms with E-state index < -0.39 is 17.4 Å². The maximum Gasteiger partial charge on any atom is 0.311 e. The van der Waals surface area contributed by atoms with E-state index in [0.717, 1.165) is 11.1 Å². The van der Waals surface area contributed by atoms with Crippen LogP contribution >= 0.6 is 0 Å². The summed E-state index contributed by atoms with van der Waals surface area (Å²) in [5.74, 6) is -1.45. The third-order valence-corrected chi connectivity index (χ3v) is 7.85. The summed E-state index contributed by atoms with van der Waals surface area (Å²) in [6, 6.07) is 5.27. The van der Waals surface area contributed by atoms with Crippen molar-refractivity contribution in [2.24, 2.45) is 23.2 Å². The van der Waals surface area contributed by atoms with Crippen molar-refractivity contribution in [1.29, 1.82) is 0 Å². The minimum atomic E-state index is -0.669. The van der Waals surface area contributed by atoms with Crippen LogP contribution < -0.4 is 0 Å². The van der Waals surface area contributed by atoms with E-state index in [9.17, 15) is 19.5 Å². The van der Waals surface area contributed by atoms with Gasteiger partial charge in [-0.3, -0.25) is 14.4 Å². The van der Waals surface area contributed by atoms with Gasteiger partial charge in [-0.15, -0.1) is 0 Å². The smallest absolute Gasteiger partial charge is 0.311 e. The molecule has 0 saturated carbocycles. The highest BCUT2D eigenvalue weighted by atomic mass is 16.5. The second kappa shape index (κ2) is 10.2. The van der Waals surface area contributed by atoms with Crippen LogP contribution in [0.1, 0.15) is 83.8 Å². The number of ketones is 1. The number of aromatic hydroxyl groups is 1. The van der Waals surface area contributed by atoms with E-state index in [1.165, 1.54) is 0 Å². The van der Waals surface area contributed by atoms with E-state index in [-0.39, 0.29) is 53.7 Å². The zero-order chi connectivity index (χ0) is 26.2. The number of ether oxygens (including phenoxy) is 2. The molecular formula is C30H38O6. The largest absolute Gasteiger partial charge is 0.508 e. The summed E-state index contributed by atoms with van der Waals surface area (Å²) in [6.07, 6.45) is 8.01. The molecule has 0 spiro atoms. The average Bonchev–Trinajstić information content (AvgIpc) is 3.18. The molecule has 1 aromatic rings. The van der Waals surface area contributed by atoms with Gasteiger partial charge in [0.2, 0.25) is 0 Å². The number of fused-ring (bicyclic) bond motifs is 5. The first kappa shape index (κ1) is 26.2. The van der Waals surface area contributed by atoms with Crippen LogP contribution in [0.5, 0.6) is 5.75 Å². The number of allylic oxidation sites excluding steroid dienone is 3. The molecule has 6 heteroatoms. The third-order valence-electron chi connectivity index (χ3n) is 7.85. The van der Waals surface area contributed by atoms with Gasteiger partial charge in [0.25, 0.3) is 0 Å². The molecule has 1 heterocycles. The van der Waals surface area contributed by atoms with Gasteiger partial charge in [-0.05, 0) is 81.2 Å². The maximum atomic E-state index is 13.9. The predicted octanol–water partition coefficient (Wildman–Crippen LogP) is 5.73. The van der Waals surface area contributed by atoms with Crippen LogP contribution in [0.4, 0.5) is 0 Å². The van der Waals surface area contributed by atoms with Gasteiger partial charge in [-0.25, -0.2) is 0 Å². The first-order chi connectivity index (χ1) is 17.0. The van der Waals surface area contributed by atoms with Crippen molar-refractivity contribution in [3.8, 4) is 5.75 Å². The van der Waals surface area contributed by atoms with Crippen molar-refractivity contribution >= 4 is 23.8 Å². The molecule has 36 heavy (non-hydrogen) atoms. The number of carbonyl (C=O) groups is 3. The van der Waals surface area contributed by atoms with Gasteiger partial charge < -0.3 is 14.6 Å². The van der Waals surface area contributed by atoms with Gasteiger partial charge in [0.05, 0.1) is 17.8 Å². The Morgan fingerprint density at radius 3 is 2.64 bits per heavy atom. The summed E-state index contributed by atoms with van der Waals surface area (Å²) in [5, 5.41) is 9.94. The summed E-state index contributed by atoms with van der Waals surface area (Å²) >= 11 is 0. The highest BCUT2D eigenvalue weighted by Gasteiger charge is 2.45. The molecule has 0 amide bonds. The van der Waals surface area contributed by atoms with Crippen molar-refractivity contribution in [3.63, 3.8) is 0 Å². The van der Waals surface area contributed by atoms with Crippen LogP contribution in [-0.4, -0.2) is 35.0 Å². The second-order valence-corrected chi connectivity index (χ2v) is 11.5. The molecule has 0 radical (unpaired) electrons. The molecule has 6 nitrogen and oxygen atoms in total. The Hall–Kier alpha value is -2.89. The molecule has 1 aliphatic heterocycles. The zero-order valence-corrected chi connectivity index (χ0v) is 22.0. The van der Waals surface area contributed by atoms with Crippen molar-refractivity contribution in [2.45, 2.75) is 84.8 Å². The molecule has 1 aromatic carbocycles. The Balaban J connectivity index is 1.71. The molecule has 194 valence electrons. The van der Waals surface area contributed by atoms with E-state index in [1.807, 2.05) is 58.9 Å². The van der Waals surface area contributed by atoms with Crippen molar-refractivity contribution in [2.75, 3.05) is 0 Å². The number of phenolic OH excluding ortho intramolecular Hbond substituents is 1. The van der Waals surface area contributed by atoms with Gasteiger partial charge in [0.1, 0.15) is 18.0 Å². The summed E-state index contributed by atoms with van der Waals surface area (Å²) in [6.45, 7) is 9.27. The van der Waals surface area contributed by atoms with Crippen LogP contribution in [0.15, 0.2) is 35.9 Å². The van der Waals surface area contributed by atoms with Crippen molar-refractivity contribution in [1.82, 2.24) is 0 Å². The lowest BCUT2D eigenvalue weighted by Gasteiger charge is -2.31. The highest BCUT2D eigenvalue weighted by Crippen LogP contribution is 2.50. The number of benzene rings is 1. The van der Waals surface area contributed by atoms with Crippen LogP contribution in [0, 0.1) is 23.2 Å². The van der Waals surface area contributed by atoms with Crippen LogP contribution in [-0.2, 0) is 23.9 Å². The van der Waals surface area contributed by atoms with Gasteiger partial charge in [0.15, 0.2) is 5.78 Å². The van der Waals surface area contributed by atoms with E-state index >= 15 is 0 Å². The molecular weight excluding hydrogens is 456 g/mol.